The van der Waals surface area contributed by atoms with Crippen LogP contribution in [0.3, 0.4) is 0 Å². The van der Waals surface area contributed by atoms with E-state index in [4.69, 9.17) is 27.5 Å². The summed E-state index contributed by atoms with van der Waals surface area (Å²) in [6.07, 6.45) is 2.99. The van der Waals surface area contributed by atoms with E-state index in [0.717, 1.165) is 5.39 Å². The van der Waals surface area contributed by atoms with E-state index in [0.29, 0.717) is 24.2 Å². The maximum Gasteiger partial charge on any atom is 0.328 e. The van der Waals surface area contributed by atoms with Crippen molar-refractivity contribution >= 4 is 34.4 Å². The van der Waals surface area contributed by atoms with Crippen molar-refractivity contribution in [3.05, 3.63) is 47.4 Å². The molecule has 0 saturated heterocycles. The van der Waals surface area contributed by atoms with Gasteiger partial charge in [-0.25, -0.2) is 14.0 Å². The summed E-state index contributed by atoms with van der Waals surface area (Å²) in [6.45, 7) is 2.53. The zero-order valence-corrected chi connectivity index (χ0v) is 13.0. The van der Waals surface area contributed by atoms with Gasteiger partial charge in [0.15, 0.2) is 0 Å². The number of benzene rings is 1. The van der Waals surface area contributed by atoms with Crippen LogP contribution in [0.5, 0.6) is 0 Å². The molecule has 1 unspecified atom stereocenters. The molecule has 1 aromatic heterocycles. The van der Waals surface area contributed by atoms with Gasteiger partial charge in [0.1, 0.15) is 10.8 Å². The molecule has 124 valence electrons. The smallest absolute Gasteiger partial charge is 0.328 e. The summed E-state index contributed by atoms with van der Waals surface area (Å²) in [5, 5.41) is 16.7. The molecule has 4 N–H and O–H groups in total. The monoisotopic (exact) mass is 342 g/mol. The van der Waals surface area contributed by atoms with Gasteiger partial charge < -0.3 is 20.5 Å². The van der Waals surface area contributed by atoms with Crippen LogP contribution in [0.25, 0.3) is 10.9 Å². The number of fused-ring (bicyclic) bond motifs is 1. The average Bonchev–Trinajstić information content (AvgIpc) is 2.84. The molecular formula is C15H16ClFN2O4. The first-order valence-electron chi connectivity index (χ1n) is 6.54. The second-order valence-corrected chi connectivity index (χ2v) is 5.13. The van der Waals surface area contributed by atoms with Crippen molar-refractivity contribution in [2.24, 2.45) is 5.73 Å². The second-order valence-electron chi connectivity index (χ2n) is 4.75. The van der Waals surface area contributed by atoms with Crippen LogP contribution < -0.4 is 5.73 Å². The molecule has 2 aromatic rings. The molecule has 23 heavy (non-hydrogen) atoms. The first-order valence-corrected chi connectivity index (χ1v) is 6.92. The molecule has 2 rings (SSSR count). The maximum atomic E-state index is 13.3. The van der Waals surface area contributed by atoms with Gasteiger partial charge >= 0.3 is 11.9 Å². The Kier molecular flexibility index (Phi) is 6.74. The number of aromatic nitrogens is 1. The third-order valence-electron chi connectivity index (χ3n) is 2.67. The normalized spacial score (nSPS) is 12.0. The van der Waals surface area contributed by atoms with Gasteiger partial charge in [0.2, 0.25) is 0 Å². The summed E-state index contributed by atoms with van der Waals surface area (Å²) in [5.74, 6) is -2.91. The lowest BCUT2D eigenvalue weighted by molar-refractivity contribution is -0.134. The van der Waals surface area contributed by atoms with Gasteiger partial charge in [0, 0.05) is 36.3 Å². The van der Waals surface area contributed by atoms with Gasteiger partial charge in [-0.1, -0.05) is 11.6 Å². The van der Waals surface area contributed by atoms with E-state index in [1.807, 2.05) is 23.8 Å². The minimum atomic E-state index is -1.26. The SMILES string of the molecule is CC(N)Cn1ccc2ccc(F)c(Cl)c21.O=C(O)/C=C/C(=O)O. The quantitative estimate of drug-likeness (QED) is 0.740. The predicted octanol–water partition coefficient (Wildman–Crippen LogP) is 2.49. The second kappa shape index (κ2) is 8.30. The fourth-order valence-electron chi connectivity index (χ4n) is 1.83. The molecule has 0 bridgehead atoms. The largest absolute Gasteiger partial charge is 0.478 e. The van der Waals surface area contributed by atoms with E-state index >= 15 is 0 Å². The Morgan fingerprint density at radius 2 is 1.87 bits per heavy atom. The van der Waals surface area contributed by atoms with Crippen molar-refractivity contribution in [2.45, 2.75) is 19.5 Å². The number of carboxylic acid groups (broad SMARTS) is 2. The van der Waals surface area contributed by atoms with Crippen LogP contribution in [0.15, 0.2) is 36.5 Å². The van der Waals surface area contributed by atoms with Crippen LogP contribution in [-0.2, 0) is 16.1 Å². The average molecular weight is 343 g/mol. The molecule has 1 heterocycles. The van der Waals surface area contributed by atoms with Crippen molar-refractivity contribution in [3.63, 3.8) is 0 Å². The fraction of sp³-hybridized carbons (Fsp3) is 0.200. The number of nitrogens with two attached hydrogens (primary N) is 1. The highest BCUT2D eigenvalue weighted by molar-refractivity contribution is 6.35. The highest BCUT2D eigenvalue weighted by Crippen LogP contribution is 2.27. The summed E-state index contributed by atoms with van der Waals surface area (Å²) >= 11 is 5.92. The minimum Gasteiger partial charge on any atom is -0.478 e. The van der Waals surface area contributed by atoms with Crippen molar-refractivity contribution in [3.8, 4) is 0 Å². The lowest BCUT2D eigenvalue weighted by Crippen LogP contribution is -2.21. The summed E-state index contributed by atoms with van der Waals surface area (Å²) in [4.78, 5) is 19.1. The van der Waals surface area contributed by atoms with Crippen molar-refractivity contribution in [2.75, 3.05) is 0 Å². The number of halogens is 2. The first kappa shape index (κ1) is 18.7. The van der Waals surface area contributed by atoms with E-state index in [9.17, 15) is 14.0 Å². The minimum absolute atomic E-state index is 0.0138. The lowest BCUT2D eigenvalue weighted by atomic mass is 10.2. The Balaban J connectivity index is 0.000000284. The van der Waals surface area contributed by atoms with E-state index in [1.165, 1.54) is 6.07 Å². The van der Waals surface area contributed by atoms with Crippen molar-refractivity contribution in [1.29, 1.82) is 0 Å². The highest BCUT2D eigenvalue weighted by Gasteiger charge is 2.10. The molecule has 0 spiro atoms. The zero-order chi connectivity index (χ0) is 17.6. The summed E-state index contributed by atoms with van der Waals surface area (Å²) < 4.78 is 15.1. The van der Waals surface area contributed by atoms with Crippen molar-refractivity contribution in [1.82, 2.24) is 4.57 Å². The van der Waals surface area contributed by atoms with Crippen LogP contribution in [0, 0.1) is 5.82 Å². The van der Waals surface area contributed by atoms with Crippen LogP contribution in [-0.4, -0.2) is 32.8 Å². The van der Waals surface area contributed by atoms with Crippen LogP contribution in [0.1, 0.15) is 6.92 Å². The molecule has 0 aliphatic heterocycles. The number of hydrogen-bond donors (Lipinski definition) is 3. The fourth-order valence-corrected chi connectivity index (χ4v) is 2.11. The number of nitrogens with zero attached hydrogens (tertiary/aromatic N) is 1. The van der Waals surface area contributed by atoms with Gasteiger partial charge in [-0.15, -0.1) is 0 Å². The van der Waals surface area contributed by atoms with E-state index < -0.39 is 17.8 Å². The number of aliphatic carboxylic acids is 2. The van der Waals surface area contributed by atoms with Gasteiger partial charge in [0.25, 0.3) is 0 Å². The summed E-state index contributed by atoms with van der Waals surface area (Å²) in [7, 11) is 0. The maximum absolute atomic E-state index is 13.3. The molecule has 0 aliphatic rings. The molecule has 8 heteroatoms. The first-order chi connectivity index (χ1) is 10.7. The van der Waals surface area contributed by atoms with E-state index in [-0.39, 0.29) is 11.1 Å². The molecule has 0 radical (unpaired) electrons. The Morgan fingerprint density at radius 3 is 2.35 bits per heavy atom. The highest BCUT2D eigenvalue weighted by atomic mass is 35.5. The molecule has 0 saturated carbocycles. The third-order valence-corrected chi connectivity index (χ3v) is 3.03. The van der Waals surface area contributed by atoms with E-state index in [2.05, 4.69) is 0 Å². The van der Waals surface area contributed by atoms with Crippen LogP contribution in [0.2, 0.25) is 5.02 Å². The standard InChI is InChI=1S/C11H12ClFN2.C4H4O4/c1-7(14)6-15-5-4-8-2-3-9(13)10(12)11(8)15;5-3(6)1-2-4(7)8/h2-5,7H,6,14H2,1H3;1-2H,(H,5,6)(H,7,8)/b;2-1+. The molecule has 1 atom stereocenters. The molecule has 0 fully saturated rings. The molecule has 6 nitrogen and oxygen atoms in total. The topological polar surface area (TPSA) is 106 Å². The Morgan fingerprint density at radius 1 is 1.30 bits per heavy atom. The summed E-state index contributed by atoms with van der Waals surface area (Å²) in [5.41, 5.74) is 6.42. The van der Waals surface area contributed by atoms with E-state index in [1.54, 1.807) is 6.07 Å². The summed E-state index contributed by atoms with van der Waals surface area (Å²) in [6, 6.07) is 5.01. The van der Waals surface area contributed by atoms with Gasteiger partial charge in [-0.3, -0.25) is 0 Å². The Bertz CT molecular complexity index is 724. The third kappa shape index (κ3) is 5.72. The molecular weight excluding hydrogens is 327 g/mol. The Hall–Kier alpha value is -2.38. The molecule has 1 aromatic carbocycles. The lowest BCUT2D eigenvalue weighted by Gasteiger charge is -2.09. The van der Waals surface area contributed by atoms with Gasteiger partial charge in [-0.05, 0) is 25.1 Å². The molecule has 0 aliphatic carbocycles. The van der Waals surface area contributed by atoms with Crippen LogP contribution >= 0.6 is 11.6 Å². The number of carboxylic acids is 2. The van der Waals surface area contributed by atoms with Crippen LogP contribution in [0.4, 0.5) is 4.39 Å². The number of rotatable bonds is 4. The Labute approximate surface area is 136 Å². The zero-order valence-electron chi connectivity index (χ0n) is 12.2. The van der Waals surface area contributed by atoms with Crippen molar-refractivity contribution < 1.29 is 24.2 Å². The van der Waals surface area contributed by atoms with Gasteiger partial charge in [-0.2, -0.15) is 0 Å². The molecule has 0 amide bonds. The number of hydrogen-bond acceptors (Lipinski definition) is 3. The number of carbonyl (C=O) groups is 2. The van der Waals surface area contributed by atoms with Gasteiger partial charge in [0.05, 0.1) is 5.52 Å². The predicted molar refractivity (Wildman–Crippen MR) is 85.0 cm³/mol.